The molecule has 0 aromatic carbocycles. The summed E-state index contributed by atoms with van der Waals surface area (Å²) in [5.74, 6) is 1.08. The number of hydrogen-bond acceptors (Lipinski definition) is 2. The molecule has 2 rings (SSSR count). The molecule has 1 N–H and O–H groups in total. The molecule has 3 nitrogen and oxygen atoms in total. The number of fused-ring (bicyclic) bond motifs is 1. The average Bonchev–Trinajstić information content (AvgIpc) is 2.31. The van der Waals surface area contributed by atoms with Crippen molar-refractivity contribution >= 4 is 17.3 Å². The van der Waals surface area contributed by atoms with E-state index < -0.39 is 0 Å². The van der Waals surface area contributed by atoms with Crippen molar-refractivity contribution < 1.29 is 0 Å². The first-order valence-corrected chi connectivity index (χ1v) is 4.01. The van der Waals surface area contributed by atoms with Gasteiger partial charge in [-0.05, 0) is 19.1 Å². The third-order valence-corrected chi connectivity index (χ3v) is 2.08. The van der Waals surface area contributed by atoms with Crippen molar-refractivity contribution in [3.63, 3.8) is 0 Å². The van der Waals surface area contributed by atoms with Gasteiger partial charge in [-0.1, -0.05) is 0 Å². The van der Waals surface area contributed by atoms with Crippen molar-refractivity contribution in [2.45, 2.75) is 13.3 Å². The van der Waals surface area contributed by atoms with Crippen LogP contribution in [0.15, 0.2) is 6.20 Å². The minimum atomic E-state index is 0.770. The first-order chi connectivity index (χ1) is 5.27. The molecule has 0 saturated carbocycles. The van der Waals surface area contributed by atoms with Crippen molar-refractivity contribution in [3.8, 4) is 0 Å². The molecule has 0 spiro atoms. The van der Waals surface area contributed by atoms with Gasteiger partial charge in [0.25, 0.3) is 0 Å². The summed E-state index contributed by atoms with van der Waals surface area (Å²) >= 11 is 5.09. The van der Waals surface area contributed by atoms with Gasteiger partial charge < -0.3 is 5.32 Å². The summed E-state index contributed by atoms with van der Waals surface area (Å²) in [6.07, 6.45) is 2.93. The van der Waals surface area contributed by atoms with Crippen molar-refractivity contribution in [1.29, 1.82) is 0 Å². The third-order valence-electron chi connectivity index (χ3n) is 1.74. The Labute approximate surface area is 70.4 Å². The van der Waals surface area contributed by atoms with Gasteiger partial charge in [-0.15, -0.1) is 0 Å². The van der Waals surface area contributed by atoms with E-state index in [2.05, 4.69) is 10.3 Å². The van der Waals surface area contributed by atoms with Crippen LogP contribution in [0.1, 0.15) is 11.5 Å². The van der Waals surface area contributed by atoms with Crippen molar-refractivity contribution in [2.24, 2.45) is 0 Å². The summed E-state index contributed by atoms with van der Waals surface area (Å²) in [6, 6.07) is 0. The molecule has 0 saturated heterocycles. The van der Waals surface area contributed by atoms with Crippen LogP contribution < -0.4 is 5.32 Å². The summed E-state index contributed by atoms with van der Waals surface area (Å²) in [5, 5.41) is 3.88. The molecule has 0 radical (unpaired) electrons. The summed E-state index contributed by atoms with van der Waals surface area (Å²) < 4.78 is 1.94. The highest BCUT2D eigenvalue weighted by Gasteiger charge is 2.13. The number of nitrogens with zero attached hydrogens (tertiary/aromatic N) is 2. The predicted molar refractivity (Wildman–Crippen MR) is 46.7 cm³/mol. The van der Waals surface area contributed by atoms with Gasteiger partial charge in [0, 0.05) is 19.2 Å². The molecule has 58 valence electrons. The second-order valence-electron chi connectivity index (χ2n) is 2.65. The molecule has 0 fully saturated rings. The average molecular weight is 167 g/mol. The Morgan fingerprint density at radius 2 is 2.55 bits per heavy atom. The Morgan fingerprint density at radius 3 is 3.27 bits per heavy atom. The highest BCUT2D eigenvalue weighted by Crippen LogP contribution is 2.05. The van der Waals surface area contributed by atoms with Gasteiger partial charge in [-0.25, -0.2) is 4.98 Å². The molecule has 1 aromatic rings. The predicted octanol–water partition coefficient (Wildman–Crippen LogP) is 0.470. The Balaban J connectivity index is 2.52. The second kappa shape index (κ2) is 2.30. The zero-order valence-electron chi connectivity index (χ0n) is 6.29. The maximum absolute atomic E-state index is 5.09. The molecule has 2 heterocycles. The van der Waals surface area contributed by atoms with E-state index in [0.29, 0.717) is 0 Å². The molecule has 0 atom stereocenters. The molecule has 0 unspecified atom stereocenters. The van der Waals surface area contributed by atoms with E-state index in [0.717, 1.165) is 29.6 Å². The molecule has 0 amide bonds. The van der Waals surface area contributed by atoms with Gasteiger partial charge >= 0.3 is 0 Å². The number of hydrogen-bond donors (Lipinski definition) is 1. The maximum Gasteiger partial charge on any atom is 0.178 e. The van der Waals surface area contributed by atoms with Crippen LogP contribution in [0.4, 0.5) is 0 Å². The highest BCUT2D eigenvalue weighted by atomic mass is 32.1. The molecule has 1 aliphatic heterocycles. The second-order valence-corrected chi connectivity index (χ2v) is 3.04. The fourth-order valence-electron chi connectivity index (χ4n) is 1.27. The summed E-state index contributed by atoms with van der Waals surface area (Å²) in [5.41, 5.74) is 1.03. The smallest absolute Gasteiger partial charge is 0.178 e. The monoisotopic (exact) mass is 167 g/mol. The lowest BCUT2D eigenvalue weighted by molar-refractivity contribution is 0.741. The zero-order chi connectivity index (χ0) is 7.84. The standard InChI is InChI=1S/C7H9N3S/c1-5-4-10-6(9-5)2-3-8-7(10)11/h4H,2-3H2,1H3,(H,8,11). The fourth-order valence-corrected chi connectivity index (χ4v) is 1.53. The number of imidazole rings is 1. The largest absolute Gasteiger partial charge is 0.362 e. The quantitative estimate of drug-likeness (QED) is 0.570. The molecule has 0 bridgehead atoms. The summed E-state index contributed by atoms with van der Waals surface area (Å²) in [6.45, 7) is 2.89. The Kier molecular flexibility index (Phi) is 1.42. The van der Waals surface area contributed by atoms with Crippen LogP contribution in [0.25, 0.3) is 0 Å². The summed E-state index contributed by atoms with van der Waals surface area (Å²) in [4.78, 5) is 4.34. The number of nitrogens with one attached hydrogen (secondary N) is 1. The number of thiocarbonyl (C=S) groups is 1. The van der Waals surface area contributed by atoms with E-state index >= 15 is 0 Å². The Hall–Kier alpha value is -0.900. The van der Waals surface area contributed by atoms with Crippen LogP contribution in [0, 0.1) is 6.92 Å². The van der Waals surface area contributed by atoms with Gasteiger partial charge in [0.1, 0.15) is 5.82 Å². The van der Waals surface area contributed by atoms with E-state index in [1.54, 1.807) is 0 Å². The molecule has 1 aromatic heterocycles. The van der Waals surface area contributed by atoms with Crippen LogP contribution in [0.3, 0.4) is 0 Å². The minimum Gasteiger partial charge on any atom is -0.362 e. The van der Waals surface area contributed by atoms with E-state index in [1.807, 2.05) is 17.7 Å². The number of aromatic nitrogens is 2. The first-order valence-electron chi connectivity index (χ1n) is 3.60. The Bertz CT molecular complexity index is 303. The van der Waals surface area contributed by atoms with Gasteiger partial charge in [-0.3, -0.25) is 4.57 Å². The van der Waals surface area contributed by atoms with E-state index in [1.165, 1.54) is 0 Å². The van der Waals surface area contributed by atoms with E-state index in [4.69, 9.17) is 12.2 Å². The topological polar surface area (TPSA) is 29.9 Å². The molecule has 4 heteroatoms. The summed E-state index contributed by atoms with van der Waals surface area (Å²) in [7, 11) is 0. The van der Waals surface area contributed by atoms with Crippen molar-refractivity contribution in [3.05, 3.63) is 17.7 Å². The fraction of sp³-hybridized carbons (Fsp3) is 0.429. The first kappa shape index (κ1) is 6.79. The lowest BCUT2D eigenvalue weighted by Crippen LogP contribution is -2.36. The van der Waals surface area contributed by atoms with Gasteiger partial charge in [0.15, 0.2) is 5.11 Å². The van der Waals surface area contributed by atoms with Gasteiger partial charge in [0.2, 0.25) is 0 Å². The molecular weight excluding hydrogens is 158 g/mol. The maximum atomic E-state index is 5.09. The highest BCUT2D eigenvalue weighted by molar-refractivity contribution is 7.80. The number of aryl methyl sites for hydroxylation is 1. The van der Waals surface area contributed by atoms with Crippen LogP contribution in [-0.4, -0.2) is 21.2 Å². The molecule has 1 aliphatic rings. The number of rotatable bonds is 0. The molecule has 11 heavy (non-hydrogen) atoms. The van der Waals surface area contributed by atoms with Crippen LogP contribution in [-0.2, 0) is 6.42 Å². The van der Waals surface area contributed by atoms with E-state index in [9.17, 15) is 0 Å². The minimum absolute atomic E-state index is 0.770. The SMILES string of the molecule is Cc1cn2c(n1)CCNC2=S. The normalized spacial score (nSPS) is 15.9. The zero-order valence-corrected chi connectivity index (χ0v) is 7.11. The lowest BCUT2D eigenvalue weighted by atomic mass is 10.3. The third kappa shape index (κ3) is 1.03. The molecule has 0 aliphatic carbocycles. The van der Waals surface area contributed by atoms with Crippen LogP contribution in [0.5, 0.6) is 0 Å². The van der Waals surface area contributed by atoms with Crippen molar-refractivity contribution in [2.75, 3.05) is 6.54 Å². The van der Waals surface area contributed by atoms with Crippen LogP contribution in [0.2, 0.25) is 0 Å². The molecular formula is C7H9N3S. The van der Waals surface area contributed by atoms with Gasteiger partial charge in [-0.2, -0.15) is 0 Å². The van der Waals surface area contributed by atoms with Crippen LogP contribution >= 0.6 is 12.2 Å². The Morgan fingerprint density at radius 1 is 1.73 bits per heavy atom. The van der Waals surface area contributed by atoms with E-state index in [-0.39, 0.29) is 0 Å². The lowest BCUT2D eigenvalue weighted by Gasteiger charge is -2.15. The van der Waals surface area contributed by atoms with Crippen molar-refractivity contribution in [1.82, 2.24) is 14.9 Å². The van der Waals surface area contributed by atoms with Gasteiger partial charge in [0.05, 0.1) is 5.69 Å².